The Labute approximate surface area is 252 Å². The van der Waals surface area contributed by atoms with E-state index in [1.54, 1.807) is 31.3 Å². The zero-order chi connectivity index (χ0) is 31.5. The van der Waals surface area contributed by atoms with Crippen molar-refractivity contribution in [3.63, 3.8) is 0 Å². The summed E-state index contributed by atoms with van der Waals surface area (Å²) in [5.41, 5.74) is 1.24. The molecule has 5 rings (SSSR count). The molecule has 0 bridgehead atoms. The molecule has 2 aromatic carbocycles. The van der Waals surface area contributed by atoms with Crippen LogP contribution in [0, 0.1) is 5.82 Å². The summed E-state index contributed by atoms with van der Waals surface area (Å²) in [5, 5.41) is 5.93. The van der Waals surface area contributed by atoms with Crippen LogP contribution in [0.3, 0.4) is 0 Å². The van der Waals surface area contributed by atoms with E-state index >= 15 is 0 Å². The summed E-state index contributed by atoms with van der Waals surface area (Å²) >= 11 is 0. The third-order valence-electron chi connectivity index (χ3n) is 7.72. The summed E-state index contributed by atoms with van der Waals surface area (Å²) < 4.78 is 79.8. The third-order valence-corrected chi connectivity index (χ3v) is 10.2. The zero-order valence-corrected chi connectivity index (χ0v) is 24.5. The smallest absolute Gasteiger partial charge is 0.364 e. The van der Waals surface area contributed by atoms with Gasteiger partial charge in [-0.2, -0.15) is 21.6 Å². The number of halogens is 4. The van der Waals surface area contributed by atoms with Crippen LogP contribution >= 0.6 is 0 Å². The first kappa shape index (κ1) is 31.1. The Morgan fingerprint density at radius 2 is 1.73 bits per heavy atom. The van der Waals surface area contributed by atoms with Crippen LogP contribution in [0.1, 0.15) is 36.6 Å². The second-order valence-electron chi connectivity index (χ2n) is 10.6. The van der Waals surface area contributed by atoms with Crippen LogP contribution in [-0.2, 0) is 29.3 Å². The number of hydrogen-bond acceptors (Lipinski definition) is 6. The van der Waals surface area contributed by atoms with Crippen LogP contribution in [0.25, 0.3) is 11.3 Å². The van der Waals surface area contributed by atoms with Gasteiger partial charge in [0.15, 0.2) is 0 Å². The molecule has 1 aliphatic heterocycles. The maximum Gasteiger partial charge on any atom is 0.432 e. The maximum absolute atomic E-state index is 13.8. The van der Waals surface area contributed by atoms with E-state index < -0.39 is 43.5 Å². The summed E-state index contributed by atoms with van der Waals surface area (Å²) in [4.78, 5) is 22.5. The minimum atomic E-state index is -4.49. The highest BCUT2D eigenvalue weighted by Crippen LogP contribution is 2.36. The topological polar surface area (TPSA) is 101 Å². The van der Waals surface area contributed by atoms with Crippen molar-refractivity contribution < 1.29 is 34.7 Å². The molecule has 44 heavy (non-hydrogen) atoms. The number of aromatic nitrogens is 2. The number of hydrogen-bond donors (Lipinski definition) is 2. The molecule has 2 amide bonds. The molecular weight excluding hydrogens is 598 g/mol. The number of anilines is 1. The number of rotatable bonds is 8. The first-order chi connectivity index (χ1) is 20.9. The number of quaternary nitrogens is 1. The molecule has 4 aromatic rings. The van der Waals surface area contributed by atoms with E-state index in [0.717, 1.165) is 42.1 Å². The number of carbonyl (C=O) groups is 1. The van der Waals surface area contributed by atoms with Gasteiger partial charge in [-0.1, -0.05) is 18.2 Å². The molecule has 1 aliphatic rings. The van der Waals surface area contributed by atoms with Gasteiger partial charge in [0.25, 0.3) is 0 Å². The van der Waals surface area contributed by atoms with Crippen molar-refractivity contribution in [3.05, 3.63) is 108 Å². The molecular formula is C31H30F4N5O3S+. The molecule has 2 aromatic heterocycles. The Kier molecular flexibility index (Phi) is 8.71. The van der Waals surface area contributed by atoms with Crippen LogP contribution < -0.4 is 10.6 Å². The van der Waals surface area contributed by atoms with Gasteiger partial charge in [0.1, 0.15) is 29.1 Å². The van der Waals surface area contributed by atoms with Crippen LogP contribution in [0.4, 0.5) is 28.2 Å². The number of carbonyl (C=O) groups excluding carboxylic acids is 1. The summed E-state index contributed by atoms with van der Waals surface area (Å²) in [6.07, 6.45) is -1.85. The highest BCUT2D eigenvalue weighted by molar-refractivity contribution is 7.86. The number of alkyl halides is 3. The standard InChI is InChI=1S/C31H29F4N5O3S/c1-21-5-4-16-40(21,44(42,43)27-13-11-25(32)12-14-27)30(41)38-19-22-17-28(23-7-9-24(10-8-23)31(33,34)35)39-29(18-22)37-20-26-6-2-3-15-36-26/h2-3,6-15,17-18,21H,4-5,16,19-20H2,1H3,(H-,37,38,39,41)/p+1/t21-,40?/m1/s1. The van der Waals surface area contributed by atoms with E-state index in [1.165, 1.54) is 12.1 Å². The van der Waals surface area contributed by atoms with Crippen molar-refractivity contribution in [1.82, 2.24) is 15.3 Å². The van der Waals surface area contributed by atoms with Gasteiger partial charge >= 0.3 is 22.2 Å². The highest BCUT2D eigenvalue weighted by Gasteiger charge is 2.56. The lowest BCUT2D eigenvalue weighted by molar-refractivity contribution is -0.733. The van der Waals surface area contributed by atoms with Crippen molar-refractivity contribution in [3.8, 4) is 11.3 Å². The minimum absolute atomic E-state index is 0.0523. The van der Waals surface area contributed by atoms with Gasteiger partial charge in [-0.25, -0.2) is 14.2 Å². The van der Waals surface area contributed by atoms with Crippen molar-refractivity contribution in [2.45, 2.75) is 50.0 Å². The zero-order valence-electron chi connectivity index (χ0n) is 23.7. The van der Waals surface area contributed by atoms with E-state index in [9.17, 15) is 30.8 Å². The molecule has 230 valence electrons. The van der Waals surface area contributed by atoms with Gasteiger partial charge in [-0.3, -0.25) is 4.98 Å². The lowest BCUT2D eigenvalue weighted by atomic mass is 10.1. The predicted octanol–water partition coefficient (Wildman–Crippen LogP) is 6.51. The van der Waals surface area contributed by atoms with Gasteiger partial charge in [0, 0.05) is 31.1 Å². The number of urea groups is 1. The summed E-state index contributed by atoms with van der Waals surface area (Å²) in [6, 6.07) is 16.4. The van der Waals surface area contributed by atoms with E-state index in [2.05, 4.69) is 20.6 Å². The number of amides is 2. The van der Waals surface area contributed by atoms with Crippen LogP contribution in [0.15, 0.2) is 90.0 Å². The lowest BCUT2D eigenvalue weighted by Gasteiger charge is -2.33. The fraction of sp³-hybridized carbons (Fsp3) is 0.258. The van der Waals surface area contributed by atoms with Gasteiger partial charge in [0.05, 0.1) is 23.5 Å². The average molecular weight is 629 g/mol. The second-order valence-corrected chi connectivity index (χ2v) is 12.7. The van der Waals surface area contributed by atoms with Gasteiger partial charge < -0.3 is 10.6 Å². The van der Waals surface area contributed by atoms with Gasteiger partial charge in [0.2, 0.25) is 0 Å². The first-order valence-corrected chi connectivity index (χ1v) is 15.3. The number of nitrogens with one attached hydrogen (secondary N) is 2. The monoisotopic (exact) mass is 628 g/mol. The number of sulfonamides is 1. The average Bonchev–Trinajstić information content (AvgIpc) is 3.42. The summed E-state index contributed by atoms with van der Waals surface area (Å²) in [7, 11) is -4.25. The molecule has 0 saturated carbocycles. The quantitative estimate of drug-likeness (QED) is 0.171. The number of nitrogens with zero attached hydrogens (tertiary/aromatic N) is 3. The Balaban J connectivity index is 1.44. The molecule has 2 N–H and O–H groups in total. The molecule has 8 nitrogen and oxygen atoms in total. The van der Waals surface area contributed by atoms with Gasteiger partial charge in [-0.15, -0.1) is 3.89 Å². The van der Waals surface area contributed by atoms with E-state index in [0.29, 0.717) is 42.0 Å². The predicted molar refractivity (Wildman–Crippen MR) is 156 cm³/mol. The highest BCUT2D eigenvalue weighted by atomic mass is 32.2. The minimum Gasteiger partial charge on any atom is -0.364 e. The van der Waals surface area contributed by atoms with Crippen LogP contribution in [0.2, 0.25) is 0 Å². The normalized spacial score (nSPS) is 18.6. The maximum atomic E-state index is 13.8. The molecule has 1 saturated heterocycles. The van der Waals surface area contributed by atoms with Crippen LogP contribution in [0.5, 0.6) is 0 Å². The number of pyridine rings is 2. The Hall–Kier alpha value is -4.36. The largest absolute Gasteiger partial charge is 0.432 e. The van der Waals surface area contributed by atoms with Crippen molar-refractivity contribution in [2.75, 3.05) is 11.9 Å². The van der Waals surface area contributed by atoms with E-state index in [-0.39, 0.29) is 18.0 Å². The Morgan fingerprint density at radius 3 is 2.34 bits per heavy atom. The lowest BCUT2D eigenvalue weighted by Crippen LogP contribution is -2.62. The number of likely N-dealkylation sites (tertiary alicyclic amines) is 1. The van der Waals surface area contributed by atoms with Gasteiger partial charge in [-0.05, 0) is 73.2 Å². The molecule has 0 aliphatic carbocycles. The molecule has 1 unspecified atom stereocenters. The van der Waals surface area contributed by atoms with Crippen LogP contribution in [-0.4, -0.2) is 40.9 Å². The van der Waals surface area contributed by atoms with Crippen molar-refractivity contribution >= 4 is 21.9 Å². The summed E-state index contributed by atoms with van der Waals surface area (Å²) in [6.45, 7) is 1.97. The molecule has 1 fully saturated rings. The van der Waals surface area contributed by atoms with E-state index in [1.807, 2.05) is 12.1 Å². The molecule has 0 radical (unpaired) electrons. The second kappa shape index (κ2) is 12.3. The number of benzene rings is 2. The fourth-order valence-corrected chi connectivity index (χ4v) is 7.45. The van der Waals surface area contributed by atoms with Crippen molar-refractivity contribution in [2.24, 2.45) is 0 Å². The Bertz CT molecular complexity index is 1740. The SMILES string of the molecule is C[C@@H]1CCC[N+]1(C(=O)NCc1cc(NCc2ccccn2)nc(-c2ccc(C(F)(F)F)cc2)c1)S(=O)(=O)c1ccc(F)cc1. The van der Waals surface area contributed by atoms with E-state index in [4.69, 9.17) is 0 Å². The molecule has 3 heterocycles. The first-order valence-electron chi connectivity index (χ1n) is 13.9. The Morgan fingerprint density at radius 1 is 1.00 bits per heavy atom. The third kappa shape index (κ3) is 6.29. The molecule has 0 spiro atoms. The molecule has 2 atom stereocenters. The fourth-order valence-electron chi connectivity index (χ4n) is 5.37. The summed E-state index contributed by atoms with van der Waals surface area (Å²) in [5.74, 6) is -0.210. The van der Waals surface area contributed by atoms with Crippen molar-refractivity contribution in [1.29, 1.82) is 0 Å². The molecule has 13 heteroatoms.